The molecule has 1 N–H and O–H groups in total. The number of carbonyl (C=O) groups excluding carboxylic acids is 1. The fraction of sp³-hybridized carbons (Fsp3) is 0.812. The number of hydrogen-bond acceptors (Lipinski definition) is 4. The van der Waals surface area contributed by atoms with Crippen molar-refractivity contribution in [1.82, 2.24) is 14.7 Å². The van der Waals surface area contributed by atoms with E-state index in [-0.39, 0.29) is 11.8 Å². The van der Waals surface area contributed by atoms with Gasteiger partial charge in [0.1, 0.15) is 0 Å². The number of amides is 1. The molecule has 1 saturated heterocycles. The molecule has 5 heteroatoms. The molecule has 0 aromatic carbocycles. The highest BCUT2D eigenvalue weighted by atomic mass is 16.3. The minimum absolute atomic E-state index is 0.107. The van der Waals surface area contributed by atoms with E-state index in [2.05, 4.69) is 29.0 Å². The fourth-order valence-corrected chi connectivity index (χ4v) is 3.12. The molecule has 0 saturated carbocycles. The first-order chi connectivity index (χ1) is 10.1. The Balaban J connectivity index is 1.72. The summed E-state index contributed by atoms with van der Waals surface area (Å²) in [5, 5.41) is 10.2. The zero-order valence-electron chi connectivity index (χ0n) is 13.4. The SMILES string of the molecule is CN1CCN(CC(O)CN(C)C(=O)C2CC=CCC2)CC1. The molecule has 1 amide bonds. The zero-order valence-corrected chi connectivity index (χ0v) is 13.4. The molecule has 2 atom stereocenters. The molecule has 120 valence electrons. The van der Waals surface area contributed by atoms with Crippen LogP contribution < -0.4 is 0 Å². The summed E-state index contributed by atoms with van der Waals surface area (Å²) in [4.78, 5) is 18.6. The number of allylic oxidation sites excluding steroid dienone is 2. The molecule has 2 aliphatic rings. The Morgan fingerprint density at radius 2 is 2.05 bits per heavy atom. The standard InChI is InChI=1S/C16H29N3O2/c1-17-8-10-19(11-9-17)13-15(20)12-18(2)16(21)14-6-4-3-5-7-14/h3-4,14-15,20H,5-13H2,1-2H3. The first kappa shape index (κ1) is 16.5. The average Bonchev–Trinajstić information content (AvgIpc) is 2.49. The number of aliphatic hydroxyl groups excluding tert-OH is 1. The second-order valence-corrected chi connectivity index (χ2v) is 6.46. The molecule has 1 heterocycles. The third-order valence-electron chi connectivity index (χ3n) is 4.54. The van der Waals surface area contributed by atoms with Gasteiger partial charge < -0.3 is 14.9 Å². The van der Waals surface area contributed by atoms with Crippen LogP contribution in [-0.2, 0) is 4.79 Å². The molecular weight excluding hydrogens is 266 g/mol. The van der Waals surface area contributed by atoms with Crippen molar-refractivity contribution in [2.45, 2.75) is 25.4 Å². The van der Waals surface area contributed by atoms with Crippen LogP contribution in [-0.4, -0.2) is 85.2 Å². The van der Waals surface area contributed by atoms with Gasteiger partial charge in [-0.15, -0.1) is 0 Å². The average molecular weight is 295 g/mol. The van der Waals surface area contributed by atoms with E-state index in [1.807, 2.05) is 7.05 Å². The third kappa shape index (κ3) is 5.09. The molecule has 0 aromatic heterocycles. The molecule has 0 aromatic rings. The van der Waals surface area contributed by atoms with Crippen LogP contribution in [0.3, 0.4) is 0 Å². The van der Waals surface area contributed by atoms with E-state index in [4.69, 9.17) is 0 Å². The maximum absolute atomic E-state index is 12.3. The van der Waals surface area contributed by atoms with E-state index in [0.717, 1.165) is 45.4 Å². The molecule has 1 aliphatic carbocycles. The summed E-state index contributed by atoms with van der Waals surface area (Å²) in [6, 6.07) is 0. The van der Waals surface area contributed by atoms with Gasteiger partial charge in [-0.2, -0.15) is 0 Å². The molecule has 5 nitrogen and oxygen atoms in total. The largest absolute Gasteiger partial charge is 0.390 e. The van der Waals surface area contributed by atoms with Gasteiger partial charge in [-0.1, -0.05) is 12.2 Å². The Morgan fingerprint density at radius 1 is 1.33 bits per heavy atom. The number of likely N-dealkylation sites (N-methyl/N-ethyl adjacent to an activating group) is 2. The Labute approximate surface area is 128 Å². The van der Waals surface area contributed by atoms with Gasteiger partial charge in [-0.05, 0) is 26.3 Å². The minimum atomic E-state index is -0.457. The van der Waals surface area contributed by atoms with E-state index >= 15 is 0 Å². The zero-order chi connectivity index (χ0) is 15.2. The number of aliphatic hydroxyl groups is 1. The lowest BCUT2D eigenvalue weighted by atomic mass is 9.93. The Bertz CT molecular complexity index is 365. The molecule has 21 heavy (non-hydrogen) atoms. The van der Waals surface area contributed by atoms with Crippen molar-refractivity contribution in [3.05, 3.63) is 12.2 Å². The van der Waals surface area contributed by atoms with Gasteiger partial charge >= 0.3 is 0 Å². The van der Waals surface area contributed by atoms with Gasteiger partial charge in [-0.3, -0.25) is 9.69 Å². The fourth-order valence-electron chi connectivity index (χ4n) is 3.12. The third-order valence-corrected chi connectivity index (χ3v) is 4.54. The molecule has 0 spiro atoms. The monoisotopic (exact) mass is 295 g/mol. The summed E-state index contributed by atoms with van der Waals surface area (Å²) in [5.74, 6) is 0.285. The Morgan fingerprint density at radius 3 is 2.67 bits per heavy atom. The summed E-state index contributed by atoms with van der Waals surface area (Å²) in [5.41, 5.74) is 0. The van der Waals surface area contributed by atoms with E-state index in [9.17, 15) is 9.90 Å². The minimum Gasteiger partial charge on any atom is -0.390 e. The van der Waals surface area contributed by atoms with Crippen LogP contribution in [0.25, 0.3) is 0 Å². The predicted octanol–water partition coefficient (Wildman–Crippen LogP) is 0.409. The highest BCUT2D eigenvalue weighted by Crippen LogP contribution is 2.20. The van der Waals surface area contributed by atoms with Crippen LogP contribution in [0.4, 0.5) is 0 Å². The van der Waals surface area contributed by atoms with Gasteiger partial charge in [0.15, 0.2) is 0 Å². The van der Waals surface area contributed by atoms with Gasteiger partial charge in [0.05, 0.1) is 6.10 Å². The maximum atomic E-state index is 12.3. The van der Waals surface area contributed by atoms with Crippen LogP contribution in [0.5, 0.6) is 0 Å². The first-order valence-electron chi connectivity index (χ1n) is 8.05. The molecule has 2 rings (SSSR count). The van der Waals surface area contributed by atoms with Gasteiger partial charge in [0.2, 0.25) is 5.91 Å². The van der Waals surface area contributed by atoms with E-state index in [1.54, 1.807) is 4.90 Å². The molecule has 1 fully saturated rings. The van der Waals surface area contributed by atoms with Crippen molar-refractivity contribution in [1.29, 1.82) is 0 Å². The van der Waals surface area contributed by atoms with Gasteiger partial charge in [0, 0.05) is 52.2 Å². The van der Waals surface area contributed by atoms with Crippen molar-refractivity contribution in [2.24, 2.45) is 5.92 Å². The lowest BCUT2D eigenvalue weighted by molar-refractivity contribution is -0.135. The normalized spacial score (nSPS) is 25.8. The second-order valence-electron chi connectivity index (χ2n) is 6.46. The quantitative estimate of drug-likeness (QED) is 0.746. The van der Waals surface area contributed by atoms with Crippen molar-refractivity contribution in [3.63, 3.8) is 0 Å². The van der Waals surface area contributed by atoms with Crippen LogP contribution in [0.2, 0.25) is 0 Å². The van der Waals surface area contributed by atoms with Crippen LogP contribution in [0, 0.1) is 5.92 Å². The number of carbonyl (C=O) groups is 1. The van der Waals surface area contributed by atoms with Crippen LogP contribution >= 0.6 is 0 Å². The Hall–Kier alpha value is -0.910. The smallest absolute Gasteiger partial charge is 0.225 e. The molecule has 1 aliphatic heterocycles. The molecule has 0 radical (unpaired) electrons. The van der Waals surface area contributed by atoms with Gasteiger partial charge in [-0.25, -0.2) is 0 Å². The lowest BCUT2D eigenvalue weighted by Crippen LogP contribution is -2.49. The number of piperazine rings is 1. The lowest BCUT2D eigenvalue weighted by Gasteiger charge is -2.34. The van der Waals surface area contributed by atoms with Crippen molar-refractivity contribution in [2.75, 3.05) is 53.4 Å². The number of nitrogens with zero attached hydrogens (tertiary/aromatic N) is 3. The van der Waals surface area contributed by atoms with Crippen LogP contribution in [0.1, 0.15) is 19.3 Å². The van der Waals surface area contributed by atoms with Crippen molar-refractivity contribution >= 4 is 5.91 Å². The molecular formula is C16H29N3O2. The van der Waals surface area contributed by atoms with E-state index in [0.29, 0.717) is 13.1 Å². The predicted molar refractivity (Wildman–Crippen MR) is 84.1 cm³/mol. The first-order valence-corrected chi connectivity index (χ1v) is 8.05. The summed E-state index contributed by atoms with van der Waals surface area (Å²) >= 11 is 0. The number of rotatable bonds is 5. The topological polar surface area (TPSA) is 47.0 Å². The summed E-state index contributed by atoms with van der Waals surface area (Å²) in [6.07, 6.45) is 6.56. The van der Waals surface area contributed by atoms with E-state index in [1.165, 1.54) is 0 Å². The van der Waals surface area contributed by atoms with Crippen LogP contribution in [0.15, 0.2) is 12.2 Å². The summed E-state index contributed by atoms with van der Waals surface area (Å²) in [6.45, 7) is 5.20. The summed E-state index contributed by atoms with van der Waals surface area (Å²) < 4.78 is 0. The highest BCUT2D eigenvalue weighted by molar-refractivity contribution is 5.78. The molecule has 0 bridgehead atoms. The van der Waals surface area contributed by atoms with Gasteiger partial charge in [0.25, 0.3) is 0 Å². The number of hydrogen-bond donors (Lipinski definition) is 1. The van der Waals surface area contributed by atoms with E-state index < -0.39 is 6.10 Å². The highest BCUT2D eigenvalue weighted by Gasteiger charge is 2.24. The number of β-amino-alcohol motifs (C(OH)–C–C–N with tert-alkyl or cyclic N) is 1. The maximum Gasteiger partial charge on any atom is 0.225 e. The Kier molecular flexibility index (Phi) is 6.21. The second kappa shape index (κ2) is 7.92. The summed E-state index contributed by atoms with van der Waals surface area (Å²) in [7, 11) is 3.94. The molecule has 2 unspecified atom stereocenters. The van der Waals surface area contributed by atoms with Crippen molar-refractivity contribution < 1.29 is 9.90 Å². The van der Waals surface area contributed by atoms with Crippen molar-refractivity contribution in [3.8, 4) is 0 Å².